The van der Waals surface area contributed by atoms with Gasteiger partial charge in [0.05, 0.1) is 6.61 Å². The lowest BCUT2D eigenvalue weighted by atomic mass is 10.0. The van der Waals surface area contributed by atoms with E-state index in [1.54, 1.807) is 0 Å². The maximum absolute atomic E-state index is 9.05. The van der Waals surface area contributed by atoms with Gasteiger partial charge in [0.1, 0.15) is 0 Å². The molecule has 0 spiro atoms. The molecule has 2 rings (SSSR count). The lowest BCUT2D eigenvalue weighted by Gasteiger charge is -2.04. The largest absolute Gasteiger partial charge is 0.392 e. The summed E-state index contributed by atoms with van der Waals surface area (Å²) >= 11 is 0. The van der Waals surface area contributed by atoms with Crippen LogP contribution in [-0.2, 0) is 6.61 Å². The molecule has 0 aliphatic heterocycles. The lowest BCUT2D eigenvalue weighted by Crippen LogP contribution is -1.90. The summed E-state index contributed by atoms with van der Waals surface area (Å²) in [7, 11) is 0. The van der Waals surface area contributed by atoms with Crippen LogP contribution in [-0.4, -0.2) is 5.11 Å². The monoisotopic (exact) mass is 162 g/mol. The molecule has 1 heteroatoms. The Labute approximate surface area is 73.0 Å². The van der Waals surface area contributed by atoms with Crippen molar-refractivity contribution in [1.29, 1.82) is 0 Å². The molecule has 1 aromatic carbocycles. The summed E-state index contributed by atoms with van der Waals surface area (Å²) in [6.45, 7) is 2.22. The van der Waals surface area contributed by atoms with Gasteiger partial charge in [0, 0.05) is 0 Å². The fourth-order valence-corrected chi connectivity index (χ4v) is 1.53. The summed E-state index contributed by atoms with van der Waals surface area (Å²) < 4.78 is 0. The van der Waals surface area contributed by atoms with Crippen LogP contribution in [0.15, 0.2) is 18.2 Å². The van der Waals surface area contributed by atoms with Gasteiger partial charge in [0.25, 0.3) is 0 Å². The van der Waals surface area contributed by atoms with Gasteiger partial charge < -0.3 is 5.11 Å². The van der Waals surface area contributed by atoms with Crippen LogP contribution < -0.4 is 0 Å². The number of hydrogen-bond acceptors (Lipinski definition) is 1. The Morgan fingerprint density at radius 3 is 2.75 bits per heavy atom. The van der Waals surface area contributed by atoms with Crippen molar-refractivity contribution in [3.63, 3.8) is 0 Å². The zero-order chi connectivity index (χ0) is 8.55. The van der Waals surface area contributed by atoms with Gasteiger partial charge in [-0.3, -0.25) is 0 Å². The Hall–Kier alpha value is -0.820. The maximum Gasteiger partial charge on any atom is 0.0684 e. The van der Waals surface area contributed by atoms with E-state index < -0.39 is 0 Å². The number of hydrogen-bond donors (Lipinski definition) is 1. The van der Waals surface area contributed by atoms with Gasteiger partial charge in [0.2, 0.25) is 0 Å². The maximum atomic E-state index is 9.05. The molecule has 0 radical (unpaired) electrons. The van der Waals surface area contributed by atoms with Crippen molar-refractivity contribution < 1.29 is 5.11 Å². The number of aryl methyl sites for hydroxylation is 1. The van der Waals surface area contributed by atoms with E-state index in [4.69, 9.17) is 5.11 Å². The normalized spacial score (nSPS) is 16.5. The van der Waals surface area contributed by atoms with Crippen molar-refractivity contribution >= 4 is 0 Å². The van der Waals surface area contributed by atoms with Gasteiger partial charge in [-0.1, -0.05) is 18.2 Å². The Kier molecular flexibility index (Phi) is 1.89. The first-order chi connectivity index (χ1) is 5.81. The minimum Gasteiger partial charge on any atom is -0.392 e. The summed E-state index contributed by atoms with van der Waals surface area (Å²) in [5, 5.41) is 9.05. The van der Waals surface area contributed by atoms with E-state index in [9.17, 15) is 0 Å². The van der Waals surface area contributed by atoms with Crippen LogP contribution in [0.3, 0.4) is 0 Å². The predicted octanol–water partition coefficient (Wildman–Crippen LogP) is 2.36. The molecular weight excluding hydrogens is 148 g/mol. The Balaban J connectivity index is 2.33. The number of benzene rings is 1. The summed E-state index contributed by atoms with van der Waals surface area (Å²) in [5.74, 6) is 0.788. The zero-order valence-corrected chi connectivity index (χ0v) is 7.38. The molecule has 1 aliphatic rings. The third-order valence-corrected chi connectivity index (χ3v) is 2.59. The molecule has 0 amide bonds. The summed E-state index contributed by atoms with van der Waals surface area (Å²) in [6.07, 6.45) is 2.65. The van der Waals surface area contributed by atoms with Crippen molar-refractivity contribution in [2.75, 3.05) is 0 Å². The standard InChI is InChI=1S/C11H14O/c1-8-2-3-10(9-4-5-9)6-11(8)7-12/h2-3,6,9,12H,4-5,7H2,1H3. The highest BCUT2D eigenvalue weighted by Crippen LogP contribution is 2.40. The average molecular weight is 162 g/mol. The van der Waals surface area contributed by atoms with E-state index >= 15 is 0 Å². The van der Waals surface area contributed by atoms with Crippen molar-refractivity contribution in [2.24, 2.45) is 0 Å². The van der Waals surface area contributed by atoms with Gasteiger partial charge >= 0.3 is 0 Å². The van der Waals surface area contributed by atoms with Crippen LogP contribution in [0.5, 0.6) is 0 Å². The highest BCUT2D eigenvalue weighted by molar-refractivity contribution is 5.34. The van der Waals surface area contributed by atoms with Gasteiger partial charge in [-0.2, -0.15) is 0 Å². The summed E-state index contributed by atoms with van der Waals surface area (Å²) in [4.78, 5) is 0. The van der Waals surface area contributed by atoms with Gasteiger partial charge in [-0.15, -0.1) is 0 Å². The van der Waals surface area contributed by atoms with Crippen LogP contribution in [0.4, 0.5) is 0 Å². The first kappa shape index (κ1) is 7.81. The molecule has 0 atom stereocenters. The third kappa shape index (κ3) is 1.37. The van der Waals surface area contributed by atoms with Gasteiger partial charge in [-0.05, 0) is 42.4 Å². The second kappa shape index (κ2) is 2.91. The van der Waals surface area contributed by atoms with E-state index in [1.807, 2.05) is 6.92 Å². The average Bonchev–Trinajstić information content (AvgIpc) is 2.88. The van der Waals surface area contributed by atoms with Crippen LogP contribution in [0.2, 0.25) is 0 Å². The quantitative estimate of drug-likeness (QED) is 0.707. The molecule has 0 saturated heterocycles. The molecule has 1 N–H and O–H groups in total. The molecule has 1 fully saturated rings. The highest BCUT2D eigenvalue weighted by Gasteiger charge is 2.23. The van der Waals surface area contributed by atoms with E-state index in [0.29, 0.717) is 0 Å². The Morgan fingerprint density at radius 1 is 1.42 bits per heavy atom. The predicted molar refractivity (Wildman–Crippen MR) is 49.1 cm³/mol. The van der Waals surface area contributed by atoms with Crippen molar-refractivity contribution in [1.82, 2.24) is 0 Å². The van der Waals surface area contributed by atoms with Crippen LogP contribution >= 0.6 is 0 Å². The summed E-state index contributed by atoms with van der Waals surface area (Å²) in [6, 6.07) is 6.44. The Bertz CT molecular complexity index is 287. The van der Waals surface area contributed by atoms with Gasteiger partial charge in [-0.25, -0.2) is 0 Å². The van der Waals surface area contributed by atoms with Crippen LogP contribution in [0.25, 0.3) is 0 Å². The molecule has 1 nitrogen and oxygen atoms in total. The van der Waals surface area contributed by atoms with E-state index in [-0.39, 0.29) is 6.61 Å². The highest BCUT2D eigenvalue weighted by atomic mass is 16.3. The molecule has 0 unspecified atom stereocenters. The van der Waals surface area contributed by atoms with E-state index in [2.05, 4.69) is 18.2 Å². The van der Waals surface area contributed by atoms with Crippen LogP contribution in [0, 0.1) is 6.92 Å². The molecule has 12 heavy (non-hydrogen) atoms. The zero-order valence-electron chi connectivity index (χ0n) is 7.38. The fraction of sp³-hybridized carbons (Fsp3) is 0.455. The molecule has 64 valence electrons. The fourth-order valence-electron chi connectivity index (χ4n) is 1.53. The lowest BCUT2D eigenvalue weighted by molar-refractivity contribution is 0.281. The second-order valence-corrected chi connectivity index (χ2v) is 3.62. The topological polar surface area (TPSA) is 20.2 Å². The number of rotatable bonds is 2. The molecule has 1 aliphatic carbocycles. The second-order valence-electron chi connectivity index (χ2n) is 3.62. The molecule has 0 bridgehead atoms. The minimum atomic E-state index is 0.173. The van der Waals surface area contributed by atoms with Crippen molar-refractivity contribution in [2.45, 2.75) is 32.3 Å². The van der Waals surface area contributed by atoms with Crippen molar-refractivity contribution in [3.8, 4) is 0 Å². The Morgan fingerprint density at radius 2 is 2.17 bits per heavy atom. The molecule has 1 aromatic rings. The first-order valence-electron chi connectivity index (χ1n) is 4.51. The number of aliphatic hydroxyl groups is 1. The van der Waals surface area contributed by atoms with E-state index in [0.717, 1.165) is 11.5 Å². The van der Waals surface area contributed by atoms with Crippen molar-refractivity contribution in [3.05, 3.63) is 34.9 Å². The molecule has 1 saturated carbocycles. The molecule has 0 heterocycles. The molecular formula is C11H14O. The van der Waals surface area contributed by atoms with Crippen LogP contribution in [0.1, 0.15) is 35.4 Å². The summed E-state index contributed by atoms with van der Waals surface area (Å²) in [5.41, 5.74) is 3.69. The SMILES string of the molecule is Cc1ccc(C2CC2)cc1CO. The molecule has 0 aromatic heterocycles. The smallest absolute Gasteiger partial charge is 0.0684 e. The van der Waals surface area contributed by atoms with Gasteiger partial charge in [0.15, 0.2) is 0 Å². The van der Waals surface area contributed by atoms with E-state index in [1.165, 1.54) is 24.0 Å². The minimum absolute atomic E-state index is 0.173. The third-order valence-electron chi connectivity index (χ3n) is 2.59. The first-order valence-corrected chi connectivity index (χ1v) is 4.51. The number of aliphatic hydroxyl groups excluding tert-OH is 1.